The van der Waals surface area contributed by atoms with Gasteiger partial charge in [-0.15, -0.1) is 0 Å². The molecule has 8 heteroatoms. The minimum absolute atomic E-state index is 0.0583. The van der Waals surface area contributed by atoms with Gasteiger partial charge in [0.15, 0.2) is 11.5 Å². The maximum atomic E-state index is 12.7. The van der Waals surface area contributed by atoms with Crippen molar-refractivity contribution in [2.45, 2.75) is 6.10 Å². The minimum atomic E-state index is -0.991. The van der Waals surface area contributed by atoms with Crippen LogP contribution in [-0.4, -0.2) is 50.4 Å². The number of nitrogens with one attached hydrogen (secondary N) is 2. The molecule has 0 heterocycles. The van der Waals surface area contributed by atoms with Crippen molar-refractivity contribution in [1.29, 1.82) is 0 Å². The predicted molar refractivity (Wildman–Crippen MR) is 124 cm³/mol. The molecular weight excluding hydrogens is 424 g/mol. The van der Waals surface area contributed by atoms with E-state index in [0.717, 1.165) is 0 Å². The molecule has 0 saturated heterocycles. The van der Waals surface area contributed by atoms with Crippen LogP contribution in [0.1, 0.15) is 20.7 Å². The number of carbonyl (C=O) groups is 2. The topological polar surface area (TPSA) is 106 Å². The van der Waals surface area contributed by atoms with Crippen LogP contribution in [0.2, 0.25) is 0 Å². The van der Waals surface area contributed by atoms with Crippen LogP contribution in [0.3, 0.4) is 0 Å². The standard InChI is InChI=1S/C25H26N2O6/c1-31-21-13-8-14-22(32-2)23(21)33-16-18(28)15-26-25(30)19-11-6-7-12-20(19)27-24(29)17-9-4-3-5-10-17/h3-14,18,28H,15-16H2,1-2H3,(H,26,30)(H,27,29). The normalized spacial score (nSPS) is 11.2. The number of methoxy groups -OCH3 is 2. The van der Waals surface area contributed by atoms with Crippen molar-refractivity contribution in [3.05, 3.63) is 83.9 Å². The largest absolute Gasteiger partial charge is 0.493 e. The van der Waals surface area contributed by atoms with Gasteiger partial charge in [0, 0.05) is 12.1 Å². The van der Waals surface area contributed by atoms with E-state index in [1.165, 1.54) is 14.2 Å². The molecule has 0 saturated carbocycles. The van der Waals surface area contributed by atoms with E-state index in [4.69, 9.17) is 14.2 Å². The summed E-state index contributed by atoms with van der Waals surface area (Å²) in [6.45, 7) is -0.152. The first kappa shape index (κ1) is 23.6. The van der Waals surface area contributed by atoms with E-state index in [9.17, 15) is 14.7 Å². The van der Waals surface area contributed by atoms with Gasteiger partial charge < -0.3 is 30.0 Å². The quantitative estimate of drug-likeness (QED) is 0.438. The predicted octanol–water partition coefficient (Wildman–Crippen LogP) is 3.13. The monoisotopic (exact) mass is 450 g/mol. The molecule has 0 spiro atoms. The Bertz CT molecular complexity index is 1070. The number of hydrogen-bond acceptors (Lipinski definition) is 6. The Balaban J connectivity index is 1.59. The van der Waals surface area contributed by atoms with E-state index in [1.807, 2.05) is 6.07 Å². The van der Waals surface area contributed by atoms with Gasteiger partial charge in [-0.05, 0) is 36.4 Å². The smallest absolute Gasteiger partial charge is 0.255 e. The van der Waals surface area contributed by atoms with Gasteiger partial charge in [-0.25, -0.2) is 0 Å². The molecule has 8 nitrogen and oxygen atoms in total. The SMILES string of the molecule is COc1cccc(OC)c1OCC(O)CNC(=O)c1ccccc1NC(=O)c1ccccc1. The third kappa shape index (κ3) is 6.24. The first-order valence-corrected chi connectivity index (χ1v) is 10.3. The number of anilines is 1. The van der Waals surface area contributed by atoms with Crippen molar-refractivity contribution in [2.24, 2.45) is 0 Å². The minimum Gasteiger partial charge on any atom is -0.493 e. The van der Waals surface area contributed by atoms with E-state index in [-0.39, 0.29) is 24.6 Å². The zero-order valence-electron chi connectivity index (χ0n) is 18.4. The van der Waals surface area contributed by atoms with Crippen molar-refractivity contribution in [3.63, 3.8) is 0 Å². The summed E-state index contributed by atoms with van der Waals surface area (Å²) in [5.74, 6) is 0.534. The van der Waals surface area contributed by atoms with E-state index in [0.29, 0.717) is 28.5 Å². The molecule has 1 unspecified atom stereocenters. The Kier molecular flexibility index (Phi) is 8.26. The lowest BCUT2D eigenvalue weighted by atomic mass is 10.1. The van der Waals surface area contributed by atoms with Gasteiger partial charge in [-0.1, -0.05) is 36.4 Å². The van der Waals surface area contributed by atoms with Gasteiger partial charge in [0.2, 0.25) is 5.75 Å². The molecule has 1 atom stereocenters. The third-order valence-corrected chi connectivity index (χ3v) is 4.76. The summed E-state index contributed by atoms with van der Waals surface area (Å²) in [5, 5.41) is 15.7. The van der Waals surface area contributed by atoms with Crippen molar-refractivity contribution in [3.8, 4) is 17.2 Å². The number of amides is 2. The van der Waals surface area contributed by atoms with Crippen molar-refractivity contribution >= 4 is 17.5 Å². The van der Waals surface area contributed by atoms with Crippen LogP contribution in [0.5, 0.6) is 17.2 Å². The first-order valence-electron chi connectivity index (χ1n) is 10.3. The summed E-state index contributed by atoms with van der Waals surface area (Å²) in [6, 6.07) is 20.6. The number of aliphatic hydroxyl groups excluding tert-OH is 1. The summed E-state index contributed by atoms with van der Waals surface area (Å²) < 4.78 is 16.2. The number of benzene rings is 3. The van der Waals surface area contributed by atoms with E-state index < -0.39 is 12.0 Å². The fraction of sp³-hybridized carbons (Fsp3) is 0.200. The number of rotatable bonds is 10. The number of para-hydroxylation sites is 2. The fourth-order valence-electron chi connectivity index (χ4n) is 3.08. The molecule has 172 valence electrons. The van der Waals surface area contributed by atoms with Crippen molar-refractivity contribution in [1.82, 2.24) is 5.32 Å². The summed E-state index contributed by atoms with van der Waals surface area (Å²) in [6.07, 6.45) is -0.991. The van der Waals surface area contributed by atoms with Crippen LogP contribution >= 0.6 is 0 Å². The van der Waals surface area contributed by atoms with E-state index in [1.54, 1.807) is 66.7 Å². The van der Waals surface area contributed by atoms with Gasteiger partial charge >= 0.3 is 0 Å². The van der Waals surface area contributed by atoms with Gasteiger partial charge in [0.25, 0.3) is 11.8 Å². The molecule has 0 bridgehead atoms. The van der Waals surface area contributed by atoms with Crippen LogP contribution in [0.25, 0.3) is 0 Å². The maximum Gasteiger partial charge on any atom is 0.255 e. The summed E-state index contributed by atoms with van der Waals surface area (Å²) >= 11 is 0. The Labute approximate surface area is 192 Å². The number of carbonyl (C=O) groups excluding carboxylic acids is 2. The van der Waals surface area contributed by atoms with E-state index in [2.05, 4.69) is 10.6 Å². The molecule has 0 aliphatic rings. The van der Waals surface area contributed by atoms with Gasteiger partial charge in [-0.3, -0.25) is 9.59 Å². The molecule has 3 rings (SSSR count). The molecular formula is C25H26N2O6. The van der Waals surface area contributed by atoms with Crippen LogP contribution < -0.4 is 24.8 Å². The number of hydrogen-bond donors (Lipinski definition) is 3. The second kappa shape index (κ2) is 11.5. The molecule has 3 N–H and O–H groups in total. The average molecular weight is 450 g/mol. The first-order chi connectivity index (χ1) is 16.0. The molecule has 0 fully saturated rings. The summed E-state index contributed by atoms with van der Waals surface area (Å²) in [7, 11) is 3.01. The highest BCUT2D eigenvalue weighted by Crippen LogP contribution is 2.36. The lowest BCUT2D eigenvalue weighted by Gasteiger charge is -2.17. The van der Waals surface area contributed by atoms with Crippen molar-refractivity contribution in [2.75, 3.05) is 32.7 Å². The van der Waals surface area contributed by atoms with Crippen LogP contribution in [0.4, 0.5) is 5.69 Å². The Morgan fingerprint density at radius 3 is 2.15 bits per heavy atom. The number of ether oxygens (including phenoxy) is 3. The van der Waals surface area contributed by atoms with E-state index >= 15 is 0 Å². The molecule has 3 aromatic carbocycles. The zero-order valence-corrected chi connectivity index (χ0v) is 18.4. The lowest BCUT2D eigenvalue weighted by Crippen LogP contribution is -2.35. The van der Waals surface area contributed by atoms with Crippen LogP contribution in [0.15, 0.2) is 72.8 Å². The highest BCUT2D eigenvalue weighted by Gasteiger charge is 2.17. The second-order valence-electron chi connectivity index (χ2n) is 7.03. The zero-order chi connectivity index (χ0) is 23.6. The average Bonchev–Trinajstić information content (AvgIpc) is 2.86. The molecule has 0 radical (unpaired) electrons. The number of aliphatic hydroxyl groups is 1. The van der Waals surface area contributed by atoms with Crippen LogP contribution in [0, 0.1) is 0 Å². The maximum absolute atomic E-state index is 12.7. The van der Waals surface area contributed by atoms with Crippen molar-refractivity contribution < 1.29 is 28.9 Å². The third-order valence-electron chi connectivity index (χ3n) is 4.76. The van der Waals surface area contributed by atoms with Gasteiger partial charge in [0.1, 0.15) is 12.7 Å². The van der Waals surface area contributed by atoms with Crippen LogP contribution in [-0.2, 0) is 0 Å². The molecule has 0 aliphatic carbocycles. The molecule has 2 amide bonds. The van der Waals surface area contributed by atoms with Gasteiger partial charge in [-0.2, -0.15) is 0 Å². The Morgan fingerprint density at radius 2 is 1.48 bits per heavy atom. The highest BCUT2D eigenvalue weighted by atomic mass is 16.5. The summed E-state index contributed by atoms with van der Waals surface area (Å²) in [4.78, 5) is 25.2. The lowest BCUT2D eigenvalue weighted by molar-refractivity contribution is 0.0834. The second-order valence-corrected chi connectivity index (χ2v) is 7.03. The Hall–Kier alpha value is -4.04. The fourth-order valence-corrected chi connectivity index (χ4v) is 3.08. The Morgan fingerprint density at radius 1 is 0.848 bits per heavy atom. The molecule has 3 aromatic rings. The highest BCUT2D eigenvalue weighted by molar-refractivity contribution is 6.08. The molecule has 0 aliphatic heterocycles. The van der Waals surface area contributed by atoms with Gasteiger partial charge in [0.05, 0.1) is 25.5 Å². The molecule has 33 heavy (non-hydrogen) atoms. The summed E-state index contributed by atoms with van der Waals surface area (Å²) in [5.41, 5.74) is 1.13. The molecule has 0 aromatic heterocycles.